The largest absolute Gasteiger partial charge is 0.508 e. The van der Waals surface area contributed by atoms with E-state index in [1.54, 1.807) is 12.1 Å². The minimum Gasteiger partial charge on any atom is -0.508 e. The van der Waals surface area contributed by atoms with Crippen molar-refractivity contribution in [1.82, 2.24) is 10.2 Å². The maximum Gasteiger partial charge on any atom is 0.175 e. The van der Waals surface area contributed by atoms with Gasteiger partial charge in [-0.1, -0.05) is 25.1 Å². The molecule has 0 bridgehead atoms. The summed E-state index contributed by atoms with van der Waals surface area (Å²) >= 11 is 0. The van der Waals surface area contributed by atoms with Crippen LogP contribution in [-0.4, -0.2) is 56.9 Å². The molecule has 3 aliphatic rings. The summed E-state index contributed by atoms with van der Waals surface area (Å²) in [5.74, 6) is 0.350. The normalized spacial score (nSPS) is 32.7. The molecule has 1 spiro atoms. The Morgan fingerprint density at radius 2 is 1.93 bits per heavy atom. The Kier molecular flexibility index (Phi) is 3.99. The molecule has 1 saturated carbocycles. The molecule has 0 aromatic heterocycles. The van der Waals surface area contributed by atoms with E-state index in [0.29, 0.717) is 22.7 Å². The first-order chi connectivity index (χ1) is 13.7. The summed E-state index contributed by atoms with van der Waals surface area (Å²) < 4.78 is 23.3. The summed E-state index contributed by atoms with van der Waals surface area (Å²) in [7, 11) is -0.950. The van der Waals surface area contributed by atoms with Crippen LogP contribution in [0.15, 0.2) is 47.4 Å². The van der Waals surface area contributed by atoms with Crippen LogP contribution in [0.25, 0.3) is 0 Å². The number of phenols is 1. The van der Waals surface area contributed by atoms with Crippen LogP contribution in [-0.2, 0) is 28.1 Å². The van der Waals surface area contributed by atoms with E-state index >= 15 is 0 Å². The molecule has 1 aliphatic heterocycles. The smallest absolute Gasteiger partial charge is 0.175 e. The van der Waals surface area contributed by atoms with E-state index in [0.717, 1.165) is 31.5 Å². The first kappa shape index (κ1) is 19.1. The number of nitrogens with one attached hydrogen (secondary N) is 1. The molecule has 154 valence electrons. The van der Waals surface area contributed by atoms with Gasteiger partial charge in [-0.3, -0.25) is 0 Å². The number of phenolic OH excluding ortho intramolecular Hbond substituents is 1. The molecule has 5 rings (SSSR count). The van der Waals surface area contributed by atoms with Crippen molar-refractivity contribution >= 4 is 9.84 Å². The molecule has 2 N–H and O–H groups in total. The first-order valence-corrected chi connectivity index (χ1v) is 12.1. The second-order valence-corrected chi connectivity index (χ2v) is 11.4. The van der Waals surface area contributed by atoms with Crippen LogP contribution in [0.5, 0.6) is 5.75 Å². The summed E-state index contributed by atoms with van der Waals surface area (Å²) in [6, 6.07) is 13.9. The Bertz CT molecular complexity index is 1080. The molecule has 5 nitrogen and oxygen atoms in total. The highest BCUT2D eigenvalue weighted by Crippen LogP contribution is 2.70. The molecule has 0 radical (unpaired) electrons. The van der Waals surface area contributed by atoms with Crippen molar-refractivity contribution in [2.75, 3.05) is 26.4 Å². The van der Waals surface area contributed by atoms with Gasteiger partial charge in [-0.2, -0.15) is 0 Å². The fourth-order valence-corrected chi connectivity index (χ4v) is 7.06. The van der Waals surface area contributed by atoms with Crippen LogP contribution in [0.4, 0.5) is 0 Å². The number of benzene rings is 2. The molecule has 4 atom stereocenters. The quantitative estimate of drug-likeness (QED) is 0.787. The lowest BCUT2D eigenvalue weighted by atomic mass is 9.40. The fourth-order valence-electron chi connectivity index (χ4n) is 6.43. The number of fused-ring (bicyclic) bond motifs is 2. The van der Waals surface area contributed by atoms with E-state index in [-0.39, 0.29) is 10.8 Å². The number of likely N-dealkylation sites (tertiary alicyclic amines) is 1. The fraction of sp³-hybridized carbons (Fsp3) is 0.478. The standard InChI is InChI=1S/C23H28N2O3S/c1-22-19-12-17(26)7-6-16(19)13-23(22)14-25(2)21(23)20(22)24-11-10-15-4-8-18(9-5-15)29(3,27)28/h4-9,12,20-21,24,26H,10-11,13-14H2,1-3H3/t20-,21-,22-,23?/m0/s1. The zero-order valence-electron chi connectivity index (χ0n) is 17.1. The van der Waals surface area contributed by atoms with Gasteiger partial charge in [0.15, 0.2) is 9.84 Å². The van der Waals surface area contributed by atoms with Crippen LogP contribution in [0.2, 0.25) is 0 Å². The minimum atomic E-state index is -3.15. The molecule has 1 saturated heterocycles. The molecule has 2 aromatic rings. The van der Waals surface area contributed by atoms with E-state index in [1.165, 1.54) is 17.4 Å². The Hall–Kier alpha value is -1.89. The van der Waals surface area contributed by atoms with Gasteiger partial charge in [0.2, 0.25) is 0 Å². The molecule has 2 aromatic carbocycles. The maximum absolute atomic E-state index is 11.6. The van der Waals surface area contributed by atoms with Crippen molar-refractivity contribution in [3.05, 3.63) is 59.2 Å². The average Bonchev–Trinajstić information content (AvgIpc) is 2.88. The zero-order valence-corrected chi connectivity index (χ0v) is 18.0. The van der Waals surface area contributed by atoms with Crippen molar-refractivity contribution in [3.63, 3.8) is 0 Å². The lowest BCUT2D eigenvalue weighted by Crippen LogP contribution is -2.89. The number of sulfone groups is 1. The average molecular weight is 413 g/mol. The molecule has 1 heterocycles. The lowest BCUT2D eigenvalue weighted by molar-refractivity contribution is -0.215. The van der Waals surface area contributed by atoms with E-state index in [9.17, 15) is 13.5 Å². The monoisotopic (exact) mass is 412 g/mol. The molecule has 2 fully saturated rings. The number of rotatable bonds is 5. The third-order valence-electron chi connectivity index (χ3n) is 7.83. The highest BCUT2D eigenvalue weighted by atomic mass is 32.2. The SMILES string of the molecule is CN1CC23Cc4ccc(O)cc4[C@@]2(C)[C@@H](NCCc2ccc(S(C)(=O)=O)cc2)[C@H]13. The van der Waals surface area contributed by atoms with E-state index in [4.69, 9.17) is 0 Å². The summed E-state index contributed by atoms with van der Waals surface area (Å²) in [4.78, 5) is 2.82. The van der Waals surface area contributed by atoms with Crippen molar-refractivity contribution < 1.29 is 13.5 Å². The van der Waals surface area contributed by atoms with Gasteiger partial charge in [0.25, 0.3) is 0 Å². The van der Waals surface area contributed by atoms with Crippen LogP contribution in [0.3, 0.4) is 0 Å². The van der Waals surface area contributed by atoms with Gasteiger partial charge in [0.05, 0.1) is 4.90 Å². The lowest BCUT2D eigenvalue weighted by Gasteiger charge is -2.76. The molecular weight excluding hydrogens is 384 g/mol. The first-order valence-electron chi connectivity index (χ1n) is 10.2. The van der Waals surface area contributed by atoms with Crippen molar-refractivity contribution in [3.8, 4) is 5.75 Å². The summed E-state index contributed by atoms with van der Waals surface area (Å²) in [5, 5.41) is 13.9. The maximum atomic E-state index is 11.6. The van der Waals surface area contributed by atoms with Gasteiger partial charge in [-0.15, -0.1) is 0 Å². The second kappa shape index (κ2) is 6.06. The molecule has 29 heavy (non-hydrogen) atoms. The predicted molar refractivity (Wildman–Crippen MR) is 113 cm³/mol. The third-order valence-corrected chi connectivity index (χ3v) is 8.96. The summed E-state index contributed by atoms with van der Waals surface area (Å²) in [5.41, 5.74) is 4.14. The number of hydrogen-bond donors (Lipinski definition) is 2. The van der Waals surface area contributed by atoms with Gasteiger partial charge in [-0.05, 0) is 67.4 Å². The van der Waals surface area contributed by atoms with Crippen molar-refractivity contribution in [1.29, 1.82) is 0 Å². The number of aromatic hydroxyl groups is 1. The van der Waals surface area contributed by atoms with Crippen molar-refractivity contribution in [2.24, 2.45) is 5.41 Å². The number of nitrogens with zero attached hydrogens (tertiary/aromatic N) is 1. The Labute approximate surface area is 172 Å². The summed E-state index contributed by atoms with van der Waals surface area (Å²) in [6.45, 7) is 4.31. The Balaban J connectivity index is 1.33. The van der Waals surface area contributed by atoms with Crippen molar-refractivity contribution in [2.45, 2.75) is 42.2 Å². The summed E-state index contributed by atoms with van der Waals surface area (Å²) in [6.07, 6.45) is 3.19. The van der Waals surface area contributed by atoms with Crippen LogP contribution in [0, 0.1) is 5.41 Å². The van der Waals surface area contributed by atoms with Gasteiger partial charge >= 0.3 is 0 Å². The third kappa shape index (κ3) is 2.49. The number of hydrogen-bond acceptors (Lipinski definition) is 5. The highest BCUT2D eigenvalue weighted by Gasteiger charge is 2.78. The van der Waals surface area contributed by atoms with E-state index in [1.807, 2.05) is 24.3 Å². The van der Waals surface area contributed by atoms with Crippen LogP contribution >= 0.6 is 0 Å². The van der Waals surface area contributed by atoms with E-state index in [2.05, 4.69) is 30.3 Å². The minimum absolute atomic E-state index is 0.0401. The molecule has 1 unspecified atom stereocenters. The van der Waals surface area contributed by atoms with Gasteiger partial charge in [-0.25, -0.2) is 8.42 Å². The molecular formula is C23H28N2O3S. The molecule has 2 aliphatic carbocycles. The van der Waals surface area contributed by atoms with Gasteiger partial charge in [0, 0.05) is 35.7 Å². The van der Waals surface area contributed by atoms with Crippen LogP contribution < -0.4 is 5.32 Å². The number of piperidine rings is 1. The topological polar surface area (TPSA) is 69.6 Å². The van der Waals surface area contributed by atoms with E-state index < -0.39 is 9.84 Å². The van der Waals surface area contributed by atoms with Gasteiger partial charge < -0.3 is 15.3 Å². The Morgan fingerprint density at radius 1 is 1.21 bits per heavy atom. The predicted octanol–water partition coefficient (Wildman–Crippen LogP) is 2.12. The van der Waals surface area contributed by atoms with Crippen LogP contribution in [0.1, 0.15) is 23.6 Å². The molecule has 0 amide bonds. The van der Waals surface area contributed by atoms with Gasteiger partial charge in [0.1, 0.15) is 5.75 Å². The Morgan fingerprint density at radius 3 is 2.59 bits per heavy atom. The zero-order chi connectivity index (χ0) is 20.6. The number of likely N-dealkylation sites (N-methyl/N-ethyl adjacent to an activating group) is 1. The second-order valence-electron chi connectivity index (χ2n) is 9.33. The molecule has 6 heteroatoms. The highest BCUT2D eigenvalue weighted by molar-refractivity contribution is 7.90.